The Labute approximate surface area is 154 Å². The first kappa shape index (κ1) is 19.4. The Morgan fingerprint density at radius 3 is 2.56 bits per heavy atom. The lowest BCUT2D eigenvalue weighted by Gasteiger charge is -2.10. The fraction of sp³-hybridized carbons (Fsp3) is 0.611. The summed E-state index contributed by atoms with van der Waals surface area (Å²) >= 11 is 1.75. The first-order valence-corrected chi connectivity index (χ1v) is 9.93. The van der Waals surface area contributed by atoms with Crippen LogP contribution < -0.4 is 10.6 Å². The number of hydrogen-bond donors (Lipinski definition) is 2. The molecule has 2 aromatic heterocycles. The molecule has 6 nitrogen and oxygen atoms in total. The van der Waals surface area contributed by atoms with E-state index in [1.807, 2.05) is 17.9 Å². The van der Waals surface area contributed by atoms with E-state index in [1.54, 1.807) is 11.3 Å². The Bertz CT molecular complexity index is 700. The molecule has 2 heterocycles. The molecule has 25 heavy (non-hydrogen) atoms. The van der Waals surface area contributed by atoms with Gasteiger partial charge in [-0.25, -0.2) is 9.98 Å². The van der Waals surface area contributed by atoms with Gasteiger partial charge in [0.1, 0.15) is 5.01 Å². The van der Waals surface area contributed by atoms with Crippen molar-refractivity contribution in [3.63, 3.8) is 0 Å². The van der Waals surface area contributed by atoms with Crippen LogP contribution in [0.4, 0.5) is 0 Å². The van der Waals surface area contributed by atoms with Crippen molar-refractivity contribution >= 4 is 17.3 Å². The molecule has 0 saturated heterocycles. The summed E-state index contributed by atoms with van der Waals surface area (Å²) in [5.41, 5.74) is 3.67. The lowest BCUT2D eigenvalue weighted by atomic mass is 10.1. The summed E-state index contributed by atoms with van der Waals surface area (Å²) in [6.07, 6.45) is 4.90. The molecule has 0 aromatic carbocycles. The molecule has 2 rings (SSSR count). The molecule has 2 N–H and O–H groups in total. The van der Waals surface area contributed by atoms with Gasteiger partial charge in [-0.3, -0.25) is 4.68 Å². The van der Waals surface area contributed by atoms with Gasteiger partial charge in [0.15, 0.2) is 5.96 Å². The highest BCUT2D eigenvalue weighted by atomic mass is 32.1. The Balaban J connectivity index is 2.09. The molecule has 0 spiro atoms. The largest absolute Gasteiger partial charge is 0.357 e. The van der Waals surface area contributed by atoms with Crippen LogP contribution in [0.15, 0.2) is 11.2 Å². The standard InChI is InChI=1S/C18H30N6S/c1-6-13-10-20-17(25-13)12-22-18(19-9-4)21-11-14-15(7-2)23-24(5)16(14)8-3/h10H,6-9,11-12H2,1-5H3,(H2,19,21,22). The van der Waals surface area contributed by atoms with Gasteiger partial charge in [-0.15, -0.1) is 11.3 Å². The molecule has 0 atom stereocenters. The average Bonchev–Trinajstić information content (AvgIpc) is 3.20. The maximum Gasteiger partial charge on any atom is 0.191 e. The number of aromatic nitrogens is 3. The van der Waals surface area contributed by atoms with Gasteiger partial charge in [-0.2, -0.15) is 5.10 Å². The van der Waals surface area contributed by atoms with Crippen LogP contribution in [0.25, 0.3) is 0 Å². The molecule has 2 aromatic rings. The SMILES string of the molecule is CCNC(=NCc1c(CC)nn(C)c1CC)NCc1ncc(CC)s1. The van der Waals surface area contributed by atoms with Crippen molar-refractivity contribution in [1.29, 1.82) is 0 Å². The Kier molecular flexibility index (Phi) is 7.43. The van der Waals surface area contributed by atoms with E-state index in [0.717, 1.165) is 42.5 Å². The number of nitrogens with one attached hydrogen (secondary N) is 2. The van der Waals surface area contributed by atoms with Crippen LogP contribution in [-0.4, -0.2) is 27.3 Å². The van der Waals surface area contributed by atoms with E-state index in [0.29, 0.717) is 13.1 Å². The minimum Gasteiger partial charge on any atom is -0.357 e. The van der Waals surface area contributed by atoms with Crippen LogP contribution >= 0.6 is 11.3 Å². The molecule has 0 aliphatic carbocycles. The van der Waals surface area contributed by atoms with Gasteiger partial charge in [0.05, 0.1) is 18.8 Å². The van der Waals surface area contributed by atoms with Crippen LogP contribution in [0.5, 0.6) is 0 Å². The van der Waals surface area contributed by atoms with E-state index in [4.69, 9.17) is 4.99 Å². The van der Waals surface area contributed by atoms with E-state index >= 15 is 0 Å². The van der Waals surface area contributed by atoms with Crippen molar-refractivity contribution in [2.45, 2.75) is 60.0 Å². The first-order valence-electron chi connectivity index (χ1n) is 9.12. The molecule has 0 bridgehead atoms. The van der Waals surface area contributed by atoms with Crippen molar-refractivity contribution in [2.24, 2.45) is 12.0 Å². The molecular formula is C18H30N6S. The summed E-state index contributed by atoms with van der Waals surface area (Å²) in [5, 5.41) is 12.4. The molecule has 7 heteroatoms. The van der Waals surface area contributed by atoms with Gasteiger partial charge in [-0.1, -0.05) is 20.8 Å². The fourth-order valence-corrected chi connectivity index (χ4v) is 3.63. The zero-order chi connectivity index (χ0) is 18.2. The second-order valence-electron chi connectivity index (χ2n) is 5.83. The minimum absolute atomic E-state index is 0.646. The zero-order valence-electron chi connectivity index (χ0n) is 16.0. The third kappa shape index (κ3) is 5.04. The molecular weight excluding hydrogens is 332 g/mol. The third-order valence-corrected chi connectivity index (χ3v) is 5.27. The number of aryl methyl sites for hydroxylation is 3. The summed E-state index contributed by atoms with van der Waals surface area (Å²) in [6.45, 7) is 10.7. The molecule has 138 valence electrons. The summed E-state index contributed by atoms with van der Waals surface area (Å²) in [6, 6.07) is 0. The van der Waals surface area contributed by atoms with E-state index in [2.05, 4.69) is 48.4 Å². The summed E-state index contributed by atoms with van der Waals surface area (Å²) in [7, 11) is 2.02. The second kappa shape index (κ2) is 9.56. The molecule has 0 saturated carbocycles. The number of thiazole rings is 1. The van der Waals surface area contributed by atoms with Gasteiger partial charge >= 0.3 is 0 Å². The fourth-order valence-electron chi connectivity index (χ4n) is 2.82. The normalized spacial score (nSPS) is 11.8. The molecule has 0 unspecified atom stereocenters. The maximum atomic E-state index is 4.77. The Morgan fingerprint density at radius 2 is 1.96 bits per heavy atom. The smallest absolute Gasteiger partial charge is 0.191 e. The number of guanidine groups is 1. The van der Waals surface area contributed by atoms with Crippen LogP contribution in [0.1, 0.15) is 54.5 Å². The topological polar surface area (TPSA) is 67.1 Å². The summed E-state index contributed by atoms with van der Waals surface area (Å²) in [4.78, 5) is 10.5. The van der Waals surface area contributed by atoms with Crippen molar-refractivity contribution in [3.8, 4) is 0 Å². The van der Waals surface area contributed by atoms with Gasteiger partial charge in [0.2, 0.25) is 0 Å². The molecule has 0 radical (unpaired) electrons. The zero-order valence-corrected chi connectivity index (χ0v) is 16.8. The molecule has 0 aliphatic rings. The van der Waals surface area contributed by atoms with Gasteiger partial charge in [0, 0.05) is 35.9 Å². The lowest BCUT2D eigenvalue weighted by molar-refractivity contribution is 0.703. The molecule has 0 amide bonds. The summed E-state index contributed by atoms with van der Waals surface area (Å²) < 4.78 is 1.99. The van der Waals surface area contributed by atoms with Crippen molar-refractivity contribution in [3.05, 3.63) is 33.0 Å². The van der Waals surface area contributed by atoms with Crippen molar-refractivity contribution in [2.75, 3.05) is 6.54 Å². The van der Waals surface area contributed by atoms with Crippen molar-refractivity contribution in [1.82, 2.24) is 25.4 Å². The third-order valence-electron chi connectivity index (χ3n) is 4.12. The Morgan fingerprint density at radius 1 is 1.16 bits per heavy atom. The van der Waals surface area contributed by atoms with Crippen LogP contribution in [0, 0.1) is 0 Å². The highest BCUT2D eigenvalue weighted by molar-refractivity contribution is 7.11. The molecule has 0 fully saturated rings. The average molecular weight is 363 g/mol. The van der Waals surface area contributed by atoms with Crippen LogP contribution in [-0.2, 0) is 39.4 Å². The van der Waals surface area contributed by atoms with Gasteiger partial charge < -0.3 is 10.6 Å². The maximum absolute atomic E-state index is 4.77. The predicted octanol–water partition coefficient (Wildman–Crippen LogP) is 2.82. The van der Waals surface area contributed by atoms with Crippen LogP contribution in [0.3, 0.4) is 0 Å². The number of nitrogens with zero attached hydrogens (tertiary/aromatic N) is 4. The number of hydrogen-bond acceptors (Lipinski definition) is 4. The molecule has 0 aliphatic heterocycles. The lowest BCUT2D eigenvalue weighted by Crippen LogP contribution is -2.36. The second-order valence-corrected chi connectivity index (χ2v) is 7.02. The monoisotopic (exact) mass is 362 g/mol. The van der Waals surface area contributed by atoms with Gasteiger partial charge in [-0.05, 0) is 26.2 Å². The number of aliphatic imine (C=N–C) groups is 1. The predicted molar refractivity (Wildman–Crippen MR) is 105 cm³/mol. The summed E-state index contributed by atoms with van der Waals surface area (Å²) in [5.74, 6) is 0.823. The van der Waals surface area contributed by atoms with Crippen molar-refractivity contribution < 1.29 is 0 Å². The van der Waals surface area contributed by atoms with E-state index < -0.39 is 0 Å². The highest BCUT2D eigenvalue weighted by Gasteiger charge is 2.13. The van der Waals surface area contributed by atoms with E-state index in [1.165, 1.54) is 16.1 Å². The Hall–Kier alpha value is -1.89. The minimum atomic E-state index is 0.646. The number of rotatable bonds is 8. The van der Waals surface area contributed by atoms with Gasteiger partial charge in [0.25, 0.3) is 0 Å². The highest BCUT2D eigenvalue weighted by Crippen LogP contribution is 2.16. The van der Waals surface area contributed by atoms with Crippen LogP contribution in [0.2, 0.25) is 0 Å². The van der Waals surface area contributed by atoms with E-state index in [9.17, 15) is 0 Å². The van der Waals surface area contributed by atoms with E-state index in [-0.39, 0.29) is 0 Å². The first-order chi connectivity index (χ1) is 12.1. The quantitative estimate of drug-likeness (QED) is 0.560.